The molecular formula is C23H31NO2. The molecular weight excluding hydrogens is 322 g/mol. The molecule has 0 aromatic heterocycles. The summed E-state index contributed by atoms with van der Waals surface area (Å²) in [6.07, 6.45) is 1.69. The molecule has 3 nitrogen and oxygen atoms in total. The van der Waals surface area contributed by atoms with Gasteiger partial charge in [0.1, 0.15) is 0 Å². The van der Waals surface area contributed by atoms with Crippen molar-refractivity contribution in [2.75, 3.05) is 32.8 Å². The maximum Gasteiger partial charge on any atom is 0.0976 e. The summed E-state index contributed by atoms with van der Waals surface area (Å²) in [5, 5.41) is 12.0. The third-order valence-corrected chi connectivity index (χ3v) is 5.51. The quantitative estimate of drug-likeness (QED) is 0.813. The lowest BCUT2D eigenvalue weighted by Gasteiger charge is -2.41. The molecule has 0 bridgehead atoms. The van der Waals surface area contributed by atoms with Crippen LogP contribution in [0.15, 0.2) is 54.6 Å². The van der Waals surface area contributed by atoms with Crippen molar-refractivity contribution in [2.24, 2.45) is 0 Å². The lowest BCUT2D eigenvalue weighted by atomic mass is 9.74. The molecule has 0 spiro atoms. The Morgan fingerprint density at radius 1 is 1.04 bits per heavy atom. The van der Waals surface area contributed by atoms with Crippen molar-refractivity contribution in [1.29, 1.82) is 0 Å². The fourth-order valence-electron chi connectivity index (χ4n) is 4.00. The van der Waals surface area contributed by atoms with Gasteiger partial charge in [-0.05, 0) is 24.5 Å². The van der Waals surface area contributed by atoms with E-state index in [1.807, 2.05) is 6.07 Å². The molecule has 3 heteroatoms. The zero-order chi connectivity index (χ0) is 18.4. The molecule has 0 amide bonds. The predicted octanol–water partition coefficient (Wildman–Crippen LogP) is 4.10. The summed E-state index contributed by atoms with van der Waals surface area (Å²) in [5.74, 6) is 0.0319. The van der Waals surface area contributed by atoms with Crippen LogP contribution in [0.5, 0.6) is 0 Å². The molecule has 0 unspecified atom stereocenters. The Balaban J connectivity index is 1.99. The van der Waals surface area contributed by atoms with Crippen LogP contribution in [0.25, 0.3) is 0 Å². The van der Waals surface area contributed by atoms with Gasteiger partial charge in [0.15, 0.2) is 0 Å². The van der Waals surface area contributed by atoms with Crippen molar-refractivity contribution in [2.45, 2.75) is 38.2 Å². The number of benzene rings is 2. The minimum atomic E-state index is -0.873. The first-order valence-corrected chi connectivity index (χ1v) is 9.78. The number of nitrogens with zero attached hydrogens (tertiary/aromatic N) is 1. The van der Waals surface area contributed by atoms with Gasteiger partial charge in [0.25, 0.3) is 0 Å². The Morgan fingerprint density at radius 3 is 2.31 bits per heavy atom. The highest BCUT2D eigenvalue weighted by molar-refractivity contribution is 5.33. The normalized spacial score (nSPS) is 19.0. The summed E-state index contributed by atoms with van der Waals surface area (Å²) in [6.45, 7) is 8.49. The Kier molecular flexibility index (Phi) is 6.47. The molecule has 3 rings (SSSR count). The van der Waals surface area contributed by atoms with Crippen LogP contribution in [-0.4, -0.2) is 42.9 Å². The maximum absolute atomic E-state index is 12.0. The van der Waals surface area contributed by atoms with Crippen molar-refractivity contribution >= 4 is 0 Å². The summed E-state index contributed by atoms with van der Waals surface area (Å²) < 4.78 is 5.51. The highest BCUT2D eigenvalue weighted by atomic mass is 16.5. The lowest BCUT2D eigenvalue weighted by Crippen LogP contribution is -2.45. The predicted molar refractivity (Wildman–Crippen MR) is 106 cm³/mol. The van der Waals surface area contributed by atoms with Crippen LogP contribution in [-0.2, 0) is 10.3 Å². The average Bonchev–Trinajstić information content (AvgIpc) is 2.68. The van der Waals surface area contributed by atoms with Gasteiger partial charge >= 0.3 is 0 Å². The molecule has 2 atom stereocenters. The highest BCUT2D eigenvalue weighted by Crippen LogP contribution is 2.41. The molecule has 1 saturated heterocycles. The summed E-state index contributed by atoms with van der Waals surface area (Å²) in [6, 6.07) is 18.9. The number of ether oxygens (including phenoxy) is 1. The lowest BCUT2D eigenvalue weighted by molar-refractivity contribution is -0.0285. The Labute approximate surface area is 157 Å². The van der Waals surface area contributed by atoms with E-state index in [-0.39, 0.29) is 5.92 Å². The minimum absolute atomic E-state index is 0.0319. The summed E-state index contributed by atoms with van der Waals surface area (Å²) in [5.41, 5.74) is 2.57. The smallest absolute Gasteiger partial charge is 0.0976 e. The van der Waals surface area contributed by atoms with Gasteiger partial charge in [-0.2, -0.15) is 0 Å². The summed E-state index contributed by atoms with van der Waals surface area (Å²) in [7, 11) is 0. The largest absolute Gasteiger partial charge is 0.384 e. The Bertz CT molecular complexity index is 664. The van der Waals surface area contributed by atoms with Crippen molar-refractivity contribution in [3.63, 3.8) is 0 Å². The van der Waals surface area contributed by atoms with Crippen LogP contribution < -0.4 is 0 Å². The van der Waals surface area contributed by atoms with Gasteiger partial charge in [-0.1, -0.05) is 73.5 Å². The third kappa shape index (κ3) is 4.35. The van der Waals surface area contributed by atoms with Crippen LogP contribution in [0, 0.1) is 6.92 Å². The Morgan fingerprint density at radius 2 is 1.69 bits per heavy atom. The van der Waals surface area contributed by atoms with E-state index in [9.17, 15) is 5.11 Å². The van der Waals surface area contributed by atoms with Gasteiger partial charge in [-0.25, -0.2) is 0 Å². The van der Waals surface area contributed by atoms with Crippen LogP contribution in [0.4, 0.5) is 0 Å². The minimum Gasteiger partial charge on any atom is -0.384 e. The van der Waals surface area contributed by atoms with Crippen molar-refractivity contribution in [3.05, 3.63) is 71.3 Å². The SMILES string of the molecule is CCC[C@@](O)(c1ccc(C)cc1)[C@H](CN1CCOCC1)c1ccccc1. The van der Waals surface area contributed by atoms with Crippen LogP contribution in [0.1, 0.15) is 42.4 Å². The van der Waals surface area contributed by atoms with Gasteiger partial charge in [-0.15, -0.1) is 0 Å². The molecule has 2 aromatic rings. The second-order valence-corrected chi connectivity index (χ2v) is 7.42. The van der Waals surface area contributed by atoms with Crippen molar-refractivity contribution in [1.82, 2.24) is 4.90 Å². The van der Waals surface area contributed by atoms with Crippen LogP contribution in [0.2, 0.25) is 0 Å². The highest BCUT2D eigenvalue weighted by Gasteiger charge is 2.39. The van der Waals surface area contributed by atoms with E-state index in [1.54, 1.807) is 0 Å². The zero-order valence-corrected chi connectivity index (χ0v) is 16.0. The van der Waals surface area contributed by atoms with E-state index in [4.69, 9.17) is 4.74 Å². The number of aryl methyl sites for hydroxylation is 1. The second kappa shape index (κ2) is 8.81. The first kappa shape index (κ1) is 19.1. The standard InChI is InChI=1S/C23H31NO2/c1-3-13-23(25,21-11-9-19(2)10-12-21)22(20-7-5-4-6-8-20)18-24-14-16-26-17-15-24/h4-12,22,25H,3,13-18H2,1-2H3/t22-,23-/m1/s1. The van der Waals surface area contributed by atoms with E-state index in [2.05, 4.69) is 67.3 Å². The monoisotopic (exact) mass is 353 g/mol. The summed E-state index contributed by atoms with van der Waals surface area (Å²) in [4.78, 5) is 2.43. The van der Waals surface area contributed by atoms with Crippen LogP contribution >= 0.6 is 0 Å². The van der Waals surface area contributed by atoms with E-state index >= 15 is 0 Å². The molecule has 1 N–H and O–H groups in total. The van der Waals surface area contributed by atoms with Gasteiger partial charge in [0.05, 0.1) is 18.8 Å². The molecule has 1 aliphatic heterocycles. The number of aliphatic hydroxyl groups is 1. The fraction of sp³-hybridized carbons (Fsp3) is 0.478. The third-order valence-electron chi connectivity index (χ3n) is 5.51. The number of morpholine rings is 1. The molecule has 1 aliphatic rings. The molecule has 140 valence electrons. The molecule has 1 fully saturated rings. The van der Waals surface area contributed by atoms with Gasteiger partial charge in [0, 0.05) is 25.6 Å². The maximum atomic E-state index is 12.0. The Hall–Kier alpha value is -1.68. The summed E-state index contributed by atoms with van der Waals surface area (Å²) >= 11 is 0. The van der Waals surface area contributed by atoms with E-state index < -0.39 is 5.60 Å². The van der Waals surface area contributed by atoms with E-state index in [0.29, 0.717) is 0 Å². The number of hydrogen-bond donors (Lipinski definition) is 1. The average molecular weight is 354 g/mol. The van der Waals surface area contributed by atoms with Crippen molar-refractivity contribution < 1.29 is 9.84 Å². The second-order valence-electron chi connectivity index (χ2n) is 7.42. The van der Waals surface area contributed by atoms with Crippen molar-refractivity contribution in [3.8, 4) is 0 Å². The van der Waals surface area contributed by atoms with E-state index in [0.717, 1.165) is 51.3 Å². The molecule has 0 aliphatic carbocycles. The molecule has 0 radical (unpaired) electrons. The molecule has 1 heterocycles. The number of rotatable bonds is 7. The van der Waals surface area contributed by atoms with Gasteiger partial charge in [-0.3, -0.25) is 4.90 Å². The van der Waals surface area contributed by atoms with Gasteiger partial charge in [0.2, 0.25) is 0 Å². The van der Waals surface area contributed by atoms with Gasteiger partial charge < -0.3 is 9.84 Å². The first-order chi connectivity index (χ1) is 12.6. The van der Waals surface area contributed by atoms with Crippen LogP contribution in [0.3, 0.4) is 0 Å². The number of hydrogen-bond acceptors (Lipinski definition) is 3. The zero-order valence-electron chi connectivity index (χ0n) is 16.0. The molecule has 0 saturated carbocycles. The molecule has 2 aromatic carbocycles. The van der Waals surface area contributed by atoms with E-state index in [1.165, 1.54) is 11.1 Å². The fourth-order valence-corrected chi connectivity index (χ4v) is 4.00. The molecule has 26 heavy (non-hydrogen) atoms. The first-order valence-electron chi connectivity index (χ1n) is 9.78. The topological polar surface area (TPSA) is 32.7 Å².